The predicted molar refractivity (Wildman–Crippen MR) is 79.1 cm³/mol. The molecule has 0 spiro atoms. The number of hydrogen-bond acceptors (Lipinski definition) is 4. The number of fused-ring (bicyclic) bond motifs is 1. The number of hydrogen-bond donors (Lipinski definition) is 2. The van der Waals surface area contributed by atoms with Crippen molar-refractivity contribution in [3.8, 4) is 5.75 Å². The van der Waals surface area contributed by atoms with Gasteiger partial charge in [0, 0.05) is 13.5 Å². The average molecular weight is 268 g/mol. The SMILES string of the molecule is CNc1ccc2[nH]c(CCOc3ccccc3)nc2n1. The number of benzene rings is 1. The molecule has 2 heterocycles. The normalized spacial score (nSPS) is 10.7. The van der Waals surface area contributed by atoms with Gasteiger partial charge in [0.25, 0.3) is 0 Å². The van der Waals surface area contributed by atoms with Crippen LogP contribution in [0.2, 0.25) is 0 Å². The van der Waals surface area contributed by atoms with E-state index >= 15 is 0 Å². The van der Waals surface area contributed by atoms with Gasteiger partial charge in [0.2, 0.25) is 0 Å². The van der Waals surface area contributed by atoms with Crippen LogP contribution < -0.4 is 10.1 Å². The van der Waals surface area contributed by atoms with Crippen LogP contribution in [0.3, 0.4) is 0 Å². The number of nitrogens with zero attached hydrogens (tertiary/aromatic N) is 2. The zero-order chi connectivity index (χ0) is 13.8. The molecule has 0 aliphatic heterocycles. The van der Waals surface area contributed by atoms with Crippen molar-refractivity contribution < 1.29 is 4.74 Å². The van der Waals surface area contributed by atoms with E-state index in [0.29, 0.717) is 6.61 Å². The maximum absolute atomic E-state index is 5.66. The number of aromatic nitrogens is 3. The van der Waals surface area contributed by atoms with Crippen molar-refractivity contribution in [3.05, 3.63) is 48.3 Å². The van der Waals surface area contributed by atoms with Gasteiger partial charge < -0.3 is 15.0 Å². The number of rotatable bonds is 5. The highest BCUT2D eigenvalue weighted by atomic mass is 16.5. The van der Waals surface area contributed by atoms with E-state index in [1.54, 1.807) is 0 Å². The molecule has 0 amide bonds. The van der Waals surface area contributed by atoms with E-state index in [1.165, 1.54) is 0 Å². The summed E-state index contributed by atoms with van der Waals surface area (Å²) < 4.78 is 5.66. The molecule has 2 N–H and O–H groups in total. The number of nitrogens with one attached hydrogen (secondary N) is 2. The molecule has 1 aromatic carbocycles. The van der Waals surface area contributed by atoms with Crippen LogP contribution in [0.4, 0.5) is 5.82 Å². The van der Waals surface area contributed by atoms with Gasteiger partial charge in [-0.25, -0.2) is 9.97 Å². The van der Waals surface area contributed by atoms with Gasteiger partial charge in [-0.1, -0.05) is 18.2 Å². The number of ether oxygens (including phenoxy) is 1. The minimum absolute atomic E-state index is 0.586. The maximum Gasteiger partial charge on any atom is 0.179 e. The summed E-state index contributed by atoms with van der Waals surface area (Å²) in [6.07, 6.45) is 0.722. The second-order valence-corrected chi connectivity index (χ2v) is 4.41. The topological polar surface area (TPSA) is 62.8 Å². The second kappa shape index (κ2) is 5.61. The van der Waals surface area contributed by atoms with E-state index in [0.717, 1.165) is 35.0 Å². The van der Waals surface area contributed by atoms with Crippen molar-refractivity contribution in [2.24, 2.45) is 0 Å². The van der Waals surface area contributed by atoms with Crippen LogP contribution in [0.25, 0.3) is 11.2 Å². The van der Waals surface area contributed by atoms with Gasteiger partial charge in [-0.05, 0) is 24.3 Å². The number of pyridine rings is 1. The Morgan fingerprint density at radius 2 is 1.95 bits per heavy atom. The zero-order valence-electron chi connectivity index (χ0n) is 11.3. The van der Waals surface area contributed by atoms with Crippen LogP contribution in [0.5, 0.6) is 5.75 Å². The van der Waals surface area contributed by atoms with Gasteiger partial charge in [-0.2, -0.15) is 0 Å². The molecule has 0 atom stereocenters. The third-order valence-electron chi connectivity index (χ3n) is 3.00. The minimum Gasteiger partial charge on any atom is -0.493 e. The molecule has 0 bridgehead atoms. The molecule has 3 rings (SSSR count). The summed E-state index contributed by atoms with van der Waals surface area (Å²) in [7, 11) is 1.84. The maximum atomic E-state index is 5.66. The molecule has 3 aromatic rings. The van der Waals surface area contributed by atoms with E-state index in [4.69, 9.17) is 4.74 Å². The first-order valence-electron chi connectivity index (χ1n) is 6.56. The first kappa shape index (κ1) is 12.5. The fourth-order valence-electron chi connectivity index (χ4n) is 1.98. The zero-order valence-corrected chi connectivity index (χ0v) is 11.3. The number of aromatic amines is 1. The van der Waals surface area contributed by atoms with Crippen LogP contribution in [-0.2, 0) is 6.42 Å². The summed E-state index contributed by atoms with van der Waals surface area (Å²) in [5.74, 6) is 2.58. The van der Waals surface area contributed by atoms with Gasteiger partial charge >= 0.3 is 0 Å². The van der Waals surface area contributed by atoms with Gasteiger partial charge in [0.1, 0.15) is 17.4 Å². The molecule has 5 heteroatoms. The number of imidazole rings is 1. The Morgan fingerprint density at radius 1 is 1.10 bits per heavy atom. The molecular weight excluding hydrogens is 252 g/mol. The van der Waals surface area contributed by atoms with E-state index in [9.17, 15) is 0 Å². The average Bonchev–Trinajstić information content (AvgIpc) is 2.90. The summed E-state index contributed by atoms with van der Waals surface area (Å²) in [4.78, 5) is 12.1. The van der Waals surface area contributed by atoms with E-state index in [1.807, 2.05) is 49.5 Å². The Hall–Kier alpha value is -2.56. The molecular formula is C15H16N4O. The monoisotopic (exact) mass is 268 g/mol. The summed E-state index contributed by atoms with van der Waals surface area (Å²) in [5, 5.41) is 3.00. The quantitative estimate of drug-likeness (QED) is 0.746. The molecule has 0 aliphatic rings. The fourth-order valence-corrected chi connectivity index (χ4v) is 1.98. The lowest BCUT2D eigenvalue weighted by Gasteiger charge is -2.03. The fraction of sp³-hybridized carbons (Fsp3) is 0.200. The highest BCUT2D eigenvalue weighted by Crippen LogP contribution is 2.13. The highest BCUT2D eigenvalue weighted by molar-refractivity contribution is 5.72. The van der Waals surface area contributed by atoms with E-state index in [2.05, 4.69) is 20.3 Å². The van der Waals surface area contributed by atoms with Gasteiger partial charge in [0.15, 0.2) is 5.65 Å². The molecule has 2 aromatic heterocycles. The first-order chi connectivity index (χ1) is 9.85. The largest absolute Gasteiger partial charge is 0.493 e. The van der Waals surface area contributed by atoms with Crippen molar-refractivity contribution >= 4 is 17.0 Å². The van der Waals surface area contributed by atoms with E-state index < -0.39 is 0 Å². The number of anilines is 1. The Labute approximate surface area is 117 Å². The summed E-state index contributed by atoms with van der Waals surface area (Å²) in [6.45, 7) is 0.586. The summed E-state index contributed by atoms with van der Waals surface area (Å²) in [5.41, 5.74) is 1.67. The van der Waals surface area contributed by atoms with Gasteiger partial charge in [-0.3, -0.25) is 0 Å². The van der Waals surface area contributed by atoms with Crippen molar-refractivity contribution in [2.45, 2.75) is 6.42 Å². The minimum atomic E-state index is 0.586. The van der Waals surface area contributed by atoms with E-state index in [-0.39, 0.29) is 0 Å². The second-order valence-electron chi connectivity index (χ2n) is 4.41. The smallest absolute Gasteiger partial charge is 0.179 e. The van der Waals surface area contributed by atoms with Crippen molar-refractivity contribution in [1.29, 1.82) is 0 Å². The van der Waals surface area contributed by atoms with Crippen LogP contribution in [0.1, 0.15) is 5.82 Å². The predicted octanol–water partition coefficient (Wildman–Crippen LogP) is 2.62. The molecule has 0 saturated heterocycles. The lowest BCUT2D eigenvalue weighted by atomic mass is 10.3. The van der Waals surface area contributed by atoms with Crippen LogP contribution >= 0.6 is 0 Å². The standard InChI is InChI=1S/C15H16N4O/c1-16-13-8-7-12-15(18-13)19-14(17-12)9-10-20-11-5-3-2-4-6-11/h2-8H,9-10H2,1H3,(H2,16,17,18,19). The van der Waals surface area contributed by atoms with Crippen molar-refractivity contribution in [3.63, 3.8) is 0 Å². The first-order valence-corrected chi connectivity index (χ1v) is 6.56. The summed E-state index contributed by atoms with van der Waals surface area (Å²) >= 11 is 0. The molecule has 0 aliphatic carbocycles. The lowest BCUT2D eigenvalue weighted by molar-refractivity contribution is 0.319. The molecule has 20 heavy (non-hydrogen) atoms. The van der Waals surface area contributed by atoms with Gasteiger partial charge in [0.05, 0.1) is 12.1 Å². The number of para-hydroxylation sites is 1. The van der Waals surface area contributed by atoms with Gasteiger partial charge in [-0.15, -0.1) is 0 Å². The van der Waals surface area contributed by atoms with Crippen molar-refractivity contribution in [1.82, 2.24) is 15.0 Å². The van der Waals surface area contributed by atoms with Crippen LogP contribution in [0.15, 0.2) is 42.5 Å². The molecule has 102 valence electrons. The molecule has 0 fully saturated rings. The summed E-state index contributed by atoms with van der Waals surface area (Å²) in [6, 6.07) is 13.7. The lowest BCUT2D eigenvalue weighted by Crippen LogP contribution is -2.02. The number of H-pyrrole nitrogens is 1. The van der Waals surface area contributed by atoms with Crippen LogP contribution in [0, 0.1) is 0 Å². The molecule has 5 nitrogen and oxygen atoms in total. The Balaban J connectivity index is 1.66. The third-order valence-corrected chi connectivity index (χ3v) is 3.00. The third kappa shape index (κ3) is 2.71. The highest BCUT2D eigenvalue weighted by Gasteiger charge is 2.05. The molecule has 0 radical (unpaired) electrons. The van der Waals surface area contributed by atoms with Crippen LogP contribution in [-0.4, -0.2) is 28.6 Å². The Kier molecular flexibility index (Phi) is 3.50. The Bertz CT molecular complexity index is 693. The Morgan fingerprint density at radius 3 is 2.75 bits per heavy atom. The molecule has 0 saturated carbocycles. The van der Waals surface area contributed by atoms with Crippen molar-refractivity contribution in [2.75, 3.05) is 19.0 Å². The molecule has 0 unspecified atom stereocenters.